The monoisotopic (exact) mass is 547 g/mol. The number of sulfone groups is 1. The highest BCUT2D eigenvalue weighted by molar-refractivity contribution is 7.90. The number of carbonyl (C=O) groups excluding carboxylic acids is 1. The Labute approximate surface area is 224 Å². The Morgan fingerprint density at radius 2 is 1.72 bits per heavy atom. The van der Waals surface area contributed by atoms with Gasteiger partial charge < -0.3 is 16.2 Å². The van der Waals surface area contributed by atoms with Gasteiger partial charge in [0.2, 0.25) is 0 Å². The molecule has 3 aromatic carbocycles. The highest BCUT2D eigenvalue weighted by atomic mass is 32.2. The van der Waals surface area contributed by atoms with E-state index in [1.165, 1.54) is 48.3 Å². The lowest BCUT2D eigenvalue weighted by Crippen LogP contribution is -2.23. The van der Waals surface area contributed by atoms with Crippen molar-refractivity contribution in [2.24, 2.45) is 5.73 Å². The first-order valence-corrected chi connectivity index (χ1v) is 13.7. The molecule has 9 nitrogen and oxygen atoms in total. The number of hydrogen-bond acceptors (Lipinski definition) is 7. The quantitative estimate of drug-likeness (QED) is 0.294. The summed E-state index contributed by atoms with van der Waals surface area (Å²) in [5.41, 5.74) is 8.56. The predicted octanol–water partition coefficient (Wildman–Crippen LogP) is 3.74. The van der Waals surface area contributed by atoms with Gasteiger partial charge in [-0.1, -0.05) is 36.4 Å². The molecule has 5 rings (SSSR count). The molecule has 5 aromatic rings. The Balaban J connectivity index is 0.000000379. The number of halogens is 1. The number of nitrogens with two attached hydrogens (primary N) is 1. The van der Waals surface area contributed by atoms with Gasteiger partial charge in [-0.3, -0.25) is 9.78 Å². The fourth-order valence-electron chi connectivity index (χ4n) is 3.79. The third-order valence-corrected chi connectivity index (χ3v) is 6.91. The first-order chi connectivity index (χ1) is 18.7. The number of carbonyl (C=O) groups is 1. The number of fused-ring (bicyclic) bond motifs is 1. The van der Waals surface area contributed by atoms with Crippen molar-refractivity contribution < 1.29 is 22.7 Å². The van der Waals surface area contributed by atoms with Crippen molar-refractivity contribution in [2.45, 2.75) is 18.0 Å². The molecule has 0 bridgehead atoms. The summed E-state index contributed by atoms with van der Waals surface area (Å²) in [7, 11) is -3.55. The maximum absolute atomic E-state index is 13.2. The van der Waals surface area contributed by atoms with Crippen LogP contribution in [-0.4, -0.2) is 40.5 Å². The van der Waals surface area contributed by atoms with Crippen LogP contribution in [0.3, 0.4) is 0 Å². The summed E-state index contributed by atoms with van der Waals surface area (Å²) >= 11 is 0. The second-order valence-electron chi connectivity index (χ2n) is 8.60. The lowest BCUT2D eigenvalue weighted by molar-refractivity contribution is 0.0952. The van der Waals surface area contributed by atoms with Gasteiger partial charge in [0.1, 0.15) is 16.5 Å². The SMILES string of the molecule is CS(=O)(=O)c1ccc(CNC(=O)c2cncc3c2cnn3-c2ccc(F)cc2)cc1O.NCc1ccccc1. The summed E-state index contributed by atoms with van der Waals surface area (Å²) in [4.78, 5) is 16.7. The zero-order valence-corrected chi connectivity index (χ0v) is 21.8. The van der Waals surface area contributed by atoms with Crippen molar-refractivity contribution >= 4 is 26.6 Å². The Morgan fingerprint density at radius 1 is 1.00 bits per heavy atom. The second-order valence-corrected chi connectivity index (χ2v) is 10.6. The molecule has 0 saturated heterocycles. The van der Waals surface area contributed by atoms with E-state index >= 15 is 0 Å². The molecule has 0 atom stereocenters. The van der Waals surface area contributed by atoms with Gasteiger partial charge in [0.15, 0.2) is 9.84 Å². The van der Waals surface area contributed by atoms with Gasteiger partial charge in [-0.25, -0.2) is 17.5 Å². The van der Waals surface area contributed by atoms with Gasteiger partial charge in [-0.05, 0) is 47.5 Å². The van der Waals surface area contributed by atoms with Crippen LogP contribution in [0.15, 0.2) is 96.3 Å². The minimum Gasteiger partial charge on any atom is -0.507 e. The van der Waals surface area contributed by atoms with Crippen molar-refractivity contribution in [1.82, 2.24) is 20.1 Å². The third kappa shape index (κ3) is 6.64. The van der Waals surface area contributed by atoms with Gasteiger partial charge >= 0.3 is 0 Å². The molecule has 2 heterocycles. The molecule has 39 heavy (non-hydrogen) atoms. The summed E-state index contributed by atoms with van der Waals surface area (Å²) in [6.07, 6.45) is 5.51. The van der Waals surface area contributed by atoms with E-state index < -0.39 is 15.7 Å². The molecular weight excluding hydrogens is 521 g/mol. The molecule has 0 spiro atoms. The third-order valence-electron chi connectivity index (χ3n) is 5.77. The number of phenols is 1. The summed E-state index contributed by atoms with van der Waals surface area (Å²) in [5.74, 6) is -1.16. The van der Waals surface area contributed by atoms with Crippen LogP contribution in [0.2, 0.25) is 0 Å². The smallest absolute Gasteiger partial charge is 0.253 e. The predicted molar refractivity (Wildman–Crippen MR) is 146 cm³/mol. The van der Waals surface area contributed by atoms with E-state index in [0.29, 0.717) is 34.3 Å². The van der Waals surface area contributed by atoms with Crippen molar-refractivity contribution in [2.75, 3.05) is 6.26 Å². The molecule has 0 aliphatic carbocycles. The number of aromatic nitrogens is 3. The minimum absolute atomic E-state index is 0.0684. The number of nitrogens with one attached hydrogen (secondary N) is 1. The normalized spacial score (nSPS) is 11.1. The molecule has 2 aromatic heterocycles. The minimum atomic E-state index is -3.55. The molecule has 0 unspecified atom stereocenters. The van der Waals surface area contributed by atoms with Gasteiger partial charge in [0.05, 0.1) is 29.2 Å². The van der Waals surface area contributed by atoms with Crippen molar-refractivity contribution in [3.63, 3.8) is 0 Å². The Kier molecular flexibility index (Phi) is 8.33. The van der Waals surface area contributed by atoms with Gasteiger partial charge in [0, 0.05) is 30.9 Å². The molecule has 0 fully saturated rings. The van der Waals surface area contributed by atoms with Gasteiger partial charge in [-0.15, -0.1) is 0 Å². The molecule has 1 amide bonds. The molecule has 11 heteroatoms. The van der Waals surface area contributed by atoms with Crippen LogP contribution < -0.4 is 11.1 Å². The van der Waals surface area contributed by atoms with Crippen LogP contribution in [0.4, 0.5) is 4.39 Å². The first kappa shape index (κ1) is 27.4. The van der Waals surface area contributed by atoms with E-state index in [2.05, 4.69) is 15.4 Å². The number of benzene rings is 3. The maximum Gasteiger partial charge on any atom is 0.253 e. The van der Waals surface area contributed by atoms with E-state index in [1.807, 2.05) is 30.3 Å². The van der Waals surface area contributed by atoms with Crippen LogP contribution in [0, 0.1) is 5.82 Å². The average Bonchev–Trinajstić information content (AvgIpc) is 3.37. The number of amides is 1. The Morgan fingerprint density at radius 3 is 2.33 bits per heavy atom. The highest BCUT2D eigenvalue weighted by Gasteiger charge is 2.16. The van der Waals surface area contributed by atoms with E-state index in [0.717, 1.165) is 6.26 Å². The van der Waals surface area contributed by atoms with Crippen LogP contribution in [0.5, 0.6) is 5.75 Å². The van der Waals surface area contributed by atoms with Gasteiger partial charge in [0.25, 0.3) is 5.91 Å². The largest absolute Gasteiger partial charge is 0.507 e. The molecule has 0 aliphatic heterocycles. The fraction of sp³-hybridized carbons (Fsp3) is 0.107. The van der Waals surface area contributed by atoms with Crippen LogP contribution in [0.1, 0.15) is 21.5 Å². The Hall–Kier alpha value is -4.61. The topological polar surface area (TPSA) is 140 Å². The van der Waals surface area contributed by atoms with Crippen molar-refractivity contribution in [3.05, 3.63) is 114 Å². The Bertz CT molecular complexity index is 1710. The van der Waals surface area contributed by atoms with Crippen LogP contribution in [0.25, 0.3) is 16.6 Å². The molecule has 200 valence electrons. The van der Waals surface area contributed by atoms with E-state index in [4.69, 9.17) is 5.73 Å². The van der Waals surface area contributed by atoms with Crippen molar-refractivity contribution in [1.29, 1.82) is 0 Å². The van der Waals surface area contributed by atoms with Crippen LogP contribution in [-0.2, 0) is 22.9 Å². The number of nitrogens with zero attached hydrogens (tertiary/aromatic N) is 3. The summed E-state index contributed by atoms with van der Waals surface area (Å²) in [6.45, 7) is 0.708. The average molecular weight is 548 g/mol. The lowest BCUT2D eigenvalue weighted by Gasteiger charge is -2.09. The van der Waals surface area contributed by atoms with Crippen molar-refractivity contribution in [3.8, 4) is 11.4 Å². The van der Waals surface area contributed by atoms with Gasteiger partial charge in [-0.2, -0.15) is 5.10 Å². The zero-order valence-electron chi connectivity index (χ0n) is 21.0. The number of aromatic hydroxyl groups is 1. The molecule has 4 N–H and O–H groups in total. The second kappa shape index (κ2) is 11.8. The number of hydrogen-bond donors (Lipinski definition) is 3. The lowest BCUT2D eigenvalue weighted by atomic mass is 10.1. The number of rotatable bonds is 6. The van der Waals surface area contributed by atoms with E-state index in [9.17, 15) is 22.7 Å². The zero-order chi connectivity index (χ0) is 28.0. The summed E-state index contributed by atoms with van der Waals surface area (Å²) in [5, 5.41) is 17.5. The van der Waals surface area contributed by atoms with E-state index in [1.54, 1.807) is 23.0 Å². The number of phenolic OH excluding ortho intramolecular Hbond substituents is 1. The molecule has 0 radical (unpaired) electrons. The molecule has 0 saturated carbocycles. The standard InChI is InChI=1S/C21H17FN4O4S.C7H9N/c1-31(29,30)20-7-2-13(8-19(20)27)9-24-21(28)17-10-23-12-18-16(17)11-25-26(18)15-5-3-14(22)4-6-15;8-6-7-4-2-1-3-5-7/h2-8,10-12,27H,9H2,1H3,(H,24,28);1-5H,6,8H2. The molecular formula is C28H26FN5O4S. The summed E-state index contributed by atoms with van der Waals surface area (Å²) < 4.78 is 38.0. The highest BCUT2D eigenvalue weighted by Crippen LogP contribution is 2.24. The first-order valence-electron chi connectivity index (χ1n) is 11.8. The van der Waals surface area contributed by atoms with Crippen LogP contribution >= 0.6 is 0 Å². The van der Waals surface area contributed by atoms with E-state index in [-0.39, 0.29) is 23.0 Å². The fourth-order valence-corrected chi connectivity index (χ4v) is 4.54. The summed E-state index contributed by atoms with van der Waals surface area (Å²) in [6, 6.07) is 19.9. The number of pyridine rings is 1. The molecule has 0 aliphatic rings. The maximum atomic E-state index is 13.2.